The Bertz CT molecular complexity index is 186. The molecule has 1 fully saturated rings. The Balaban J connectivity index is 2.46. The lowest BCUT2D eigenvalue weighted by atomic mass is 9.98. The molecule has 1 heterocycles. The molecule has 1 N–H and O–H groups in total. The van der Waals surface area contributed by atoms with Crippen molar-refractivity contribution in [3.05, 3.63) is 0 Å². The molecule has 3 nitrogen and oxygen atoms in total. The van der Waals surface area contributed by atoms with Gasteiger partial charge in [-0.05, 0) is 26.3 Å². The Kier molecular flexibility index (Phi) is 3.66. The maximum Gasteiger partial charge on any atom is 0.320 e. The number of hydrogen-bond donors (Lipinski definition) is 1. The summed E-state index contributed by atoms with van der Waals surface area (Å²) < 4.78 is 12.3. The van der Waals surface area contributed by atoms with Crippen LogP contribution in [0, 0.1) is 5.92 Å². The van der Waals surface area contributed by atoms with Crippen LogP contribution < -0.4 is 0 Å². The molecule has 4 heteroatoms. The monoisotopic (exact) mass is 189 g/mol. The zero-order chi connectivity index (χ0) is 9.84. The van der Waals surface area contributed by atoms with Gasteiger partial charge in [-0.1, -0.05) is 0 Å². The van der Waals surface area contributed by atoms with E-state index in [-0.39, 0.29) is 12.6 Å². The van der Waals surface area contributed by atoms with Crippen LogP contribution in [0.4, 0.5) is 4.39 Å². The number of carboxylic acid groups (broad SMARTS) is 1. The first-order chi connectivity index (χ1) is 6.15. The number of alkyl halides is 1. The van der Waals surface area contributed by atoms with Crippen LogP contribution in [0.5, 0.6) is 0 Å². The van der Waals surface area contributed by atoms with Gasteiger partial charge < -0.3 is 5.11 Å². The fraction of sp³-hybridized carbons (Fsp3) is 0.889. The third-order valence-corrected chi connectivity index (χ3v) is 2.67. The molecule has 0 bridgehead atoms. The van der Waals surface area contributed by atoms with Gasteiger partial charge in [0.1, 0.15) is 6.04 Å². The summed E-state index contributed by atoms with van der Waals surface area (Å²) in [6.07, 6.45) is 1.80. The summed E-state index contributed by atoms with van der Waals surface area (Å²) in [6, 6.07) is -0.477. The van der Waals surface area contributed by atoms with E-state index in [1.165, 1.54) is 0 Å². The summed E-state index contributed by atoms with van der Waals surface area (Å²) >= 11 is 0. The van der Waals surface area contributed by atoms with Crippen LogP contribution in [0.15, 0.2) is 0 Å². The van der Waals surface area contributed by atoms with Crippen molar-refractivity contribution in [2.45, 2.75) is 25.8 Å². The highest BCUT2D eigenvalue weighted by Crippen LogP contribution is 2.18. The van der Waals surface area contributed by atoms with Gasteiger partial charge in [-0.15, -0.1) is 0 Å². The minimum Gasteiger partial charge on any atom is -0.480 e. The topological polar surface area (TPSA) is 40.5 Å². The Morgan fingerprint density at radius 1 is 1.77 bits per heavy atom. The second kappa shape index (κ2) is 4.56. The predicted octanol–water partition coefficient (Wildman–Crippen LogP) is 1.14. The van der Waals surface area contributed by atoms with E-state index < -0.39 is 12.0 Å². The standard InChI is InChI=1S/C9H16FNO2/c1-7(9(12)13)11-4-2-3-8(5-10)6-11/h7-8H,2-6H2,1H3,(H,12,13)/t7-,8-/m1/s1. The molecule has 76 valence electrons. The van der Waals surface area contributed by atoms with Crippen LogP contribution in [0.25, 0.3) is 0 Å². The van der Waals surface area contributed by atoms with Crippen molar-refractivity contribution >= 4 is 5.97 Å². The molecule has 13 heavy (non-hydrogen) atoms. The van der Waals surface area contributed by atoms with Gasteiger partial charge >= 0.3 is 5.97 Å². The van der Waals surface area contributed by atoms with Crippen LogP contribution in [0.2, 0.25) is 0 Å². The van der Waals surface area contributed by atoms with Crippen molar-refractivity contribution in [2.75, 3.05) is 19.8 Å². The first-order valence-corrected chi connectivity index (χ1v) is 4.68. The third-order valence-electron chi connectivity index (χ3n) is 2.67. The van der Waals surface area contributed by atoms with Crippen molar-refractivity contribution in [1.82, 2.24) is 4.90 Å². The van der Waals surface area contributed by atoms with Gasteiger partial charge in [0, 0.05) is 12.5 Å². The smallest absolute Gasteiger partial charge is 0.320 e. The molecule has 1 aliphatic rings. The molecular weight excluding hydrogens is 173 g/mol. The number of halogens is 1. The highest BCUT2D eigenvalue weighted by atomic mass is 19.1. The minimum atomic E-state index is -0.820. The molecule has 0 aliphatic carbocycles. The SMILES string of the molecule is C[C@H](C(=O)O)N1CCC[C@H](CF)C1. The van der Waals surface area contributed by atoms with E-state index in [2.05, 4.69) is 0 Å². The summed E-state index contributed by atoms with van der Waals surface area (Å²) in [5.41, 5.74) is 0. The van der Waals surface area contributed by atoms with Gasteiger partial charge in [-0.25, -0.2) is 0 Å². The molecule has 0 aromatic carbocycles. The molecule has 0 spiro atoms. The van der Waals surface area contributed by atoms with Crippen LogP contribution in [0.1, 0.15) is 19.8 Å². The fourth-order valence-corrected chi connectivity index (χ4v) is 1.73. The molecule has 0 amide bonds. The number of likely N-dealkylation sites (tertiary alicyclic amines) is 1. The van der Waals surface area contributed by atoms with Gasteiger partial charge in [0.2, 0.25) is 0 Å². The van der Waals surface area contributed by atoms with E-state index in [9.17, 15) is 9.18 Å². The molecule has 1 saturated heterocycles. The Hall–Kier alpha value is -0.640. The fourth-order valence-electron chi connectivity index (χ4n) is 1.73. The van der Waals surface area contributed by atoms with Crippen LogP contribution in [-0.2, 0) is 4.79 Å². The van der Waals surface area contributed by atoms with Gasteiger partial charge in [0.25, 0.3) is 0 Å². The molecule has 2 atom stereocenters. The highest BCUT2D eigenvalue weighted by molar-refractivity contribution is 5.72. The van der Waals surface area contributed by atoms with Gasteiger partial charge in [-0.2, -0.15) is 0 Å². The molecule has 0 radical (unpaired) electrons. The van der Waals surface area contributed by atoms with E-state index >= 15 is 0 Å². The van der Waals surface area contributed by atoms with Crippen molar-refractivity contribution in [3.8, 4) is 0 Å². The number of aliphatic carboxylic acids is 1. The summed E-state index contributed by atoms with van der Waals surface area (Å²) in [5.74, 6) is -0.782. The van der Waals surface area contributed by atoms with E-state index in [1.54, 1.807) is 6.92 Å². The average molecular weight is 189 g/mol. The van der Waals surface area contributed by atoms with Crippen LogP contribution in [-0.4, -0.2) is 41.8 Å². The minimum absolute atomic E-state index is 0.0375. The lowest BCUT2D eigenvalue weighted by Gasteiger charge is -2.33. The molecule has 0 aromatic rings. The Morgan fingerprint density at radius 3 is 3.00 bits per heavy atom. The second-order valence-corrected chi connectivity index (χ2v) is 3.67. The predicted molar refractivity (Wildman–Crippen MR) is 47.4 cm³/mol. The van der Waals surface area contributed by atoms with E-state index in [0.717, 1.165) is 19.4 Å². The Morgan fingerprint density at radius 2 is 2.46 bits per heavy atom. The molecule has 1 rings (SSSR count). The number of carbonyl (C=O) groups is 1. The van der Waals surface area contributed by atoms with Crippen molar-refractivity contribution < 1.29 is 14.3 Å². The molecule has 0 unspecified atom stereocenters. The first kappa shape index (κ1) is 10.4. The summed E-state index contributed by atoms with van der Waals surface area (Å²) in [6.45, 7) is 2.69. The zero-order valence-electron chi connectivity index (χ0n) is 7.87. The maximum atomic E-state index is 12.3. The number of hydrogen-bond acceptors (Lipinski definition) is 2. The Labute approximate surface area is 77.5 Å². The second-order valence-electron chi connectivity index (χ2n) is 3.67. The van der Waals surface area contributed by atoms with E-state index in [0.29, 0.717) is 6.54 Å². The zero-order valence-corrected chi connectivity index (χ0v) is 7.87. The lowest BCUT2D eigenvalue weighted by Crippen LogP contribution is -2.45. The molecule has 0 aromatic heterocycles. The normalized spacial score (nSPS) is 27.1. The third kappa shape index (κ3) is 2.66. The molecule has 1 aliphatic heterocycles. The maximum absolute atomic E-state index is 12.3. The van der Waals surface area contributed by atoms with Gasteiger partial charge in [0.15, 0.2) is 0 Å². The van der Waals surface area contributed by atoms with Gasteiger partial charge in [0.05, 0.1) is 6.67 Å². The van der Waals surface area contributed by atoms with Crippen LogP contribution in [0.3, 0.4) is 0 Å². The molecular formula is C9H16FNO2. The number of piperidine rings is 1. The quantitative estimate of drug-likeness (QED) is 0.723. The van der Waals surface area contributed by atoms with Crippen LogP contribution >= 0.6 is 0 Å². The number of nitrogens with zero attached hydrogens (tertiary/aromatic N) is 1. The van der Waals surface area contributed by atoms with Crippen molar-refractivity contribution in [1.29, 1.82) is 0 Å². The number of carboxylic acids is 1. The lowest BCUT2D eigenvalue weighted by molar-refractivity contribution is -0.143. The summed E-state index contributed by atoms with van der Waals surface area (Å²) in [7, 11) is 0. The van der Waals surface area contributed by atoms with E-state index in [4.69, 9.17) is 5.11 Å². The van der Waals surface area contributed by atoms with E-state index in [1.807, 2.05) is 4.90 Å². The largest absolute Gasteiger partial charge is 0.480 e. The van der Waals surface area contributed by atoms with Crippen molar-refractivity contribution in [3.63, 3.8) is 0 Å². The van der Waals surface area contributed by atoms with Gasteiger partial charge in [-0.3, -0.25) is 14.1 Å². The van der Waals surface area contributed by atoms with Crippen molar-refractivity contribution in [2.24, 2.45) is 5.92 Å². The highest BCUT2D eigenvalue weighted by Gasteiger charge is 2.26. The average Bonchev–Trinajstić information content (AvgIpc) is 2.16. The first-order valence-electron chi connectivity index (χ1n) is 4.68. The summed E-state index contributed by atoms with van der Waals surface area (Å²) in [5, 5.41) is 8.76. The number of rotatable bonds is 3. The molecule has 0 saturated carbocycles. The summed E-state index contributed by atoms with van der Waals surface area (Å²) in [4.78, 5) is 12.5.